The van der Waals surface area contributed by atoms with E-state index in [1.54, 1.807) is 18.2 Å². The van der Waals surface area contributed by atoms with Crippen molar-refractivity contribution in [2.75, 3.05) is 5.73 Å². The Balaban J connectivity index is 2.26. The molecule has 0 atom stereocenters. The van der Waals surface area contributed by atoms with Crippen LogP contribution in [0.5, 0.6) is 0 Å². The highest BCUT2D eigenvalue weighted by Crippen LogP contribution is 2.36. The molecule has 1 heterocycles. The van der Waals surface area contributed by atoms with Gasteiger partial charge in [0.1, 0.15) is 10.8 Å². The number of anilines is 1. The quantitative estimate of drug-likeness (QED) is 0.673. The Morgan fingerprint density at radius 1 is 1.22 bits per heavy atom. The van der Waals surface area contributed by atoms with Gasteiger partial charge in [0.15, 0.2) is 0 Å². The van der Waals surface area contributed by atoms with E-state index in [-0.39, 0.29) is 5.82 Å². The van der Waals surface area contributed by atoms with Crippen LogP contribution in [0.3, 0.4) is 0 Å². The third-order valence-electron chi connectivity index (χ3n) is 2.59. The smallest absolute Gasteiger partial charge is 0.134 e. The number of fused-ring (bicyclic) bond motifs is 1. The maximum absolute atomic E-state index is 13.8. The average molecular weight is 279 g/mol. The fourth-order valence-electron chi connectivity index (χ4n) is 1.75. The molecule has 90 valence electrons. The van der Waals surface area contributed by atoms with E-state index in [1.807, 2.05) is 12.1 Å². The number of rotatable bonds is 1. The van der Waals surface area contributed by atoms with Crippen LogP contribution in [0.1, 0.15) is 0 Å². The van der Waals surface area contributed by atoms with Gasteiger partial charge in [0.25, 0.3) is 0 Å². The predicted octanol–water partition coefficient (Wildman–Crippen LogP) is 4.34. The number of thiazole rings is 1. The van der Waals surface area contributed by atoms with Crippen molar-refractivity contribution in [2.24, 2.45) is 0 Å². The van der Waals surface area contributed by atoms with E-state index in [4.69, 9.17) is 17.3 Å². The van der Waals surface area contributed by atoms with Gasteiger partial charge in [-0.15, -0.1) is 11.3 Å². The second-order valence-corrected chi connectivity index (χ2v) is 5.28. The van der Waals surface area contributed by atoms with Crippen LogP contribution in [-0.2, 0) is 0 Å². The molecule has 0 aliphatic carbocycles. The van der Waals surface area contributed by atoms with Crippen molar-refractivity contribution >= 4 is 38.8 Å². The first kappa shape index (κ1) is 11.4. The van der Waals surface area contributed by atoms with E-state index >= 15 is 0 Å². The number of nitrogen functional groups attached to an aromatic ring is 1. The topological polar surface area (TPSA) is 38.9 Å². The number of hydrogen-bond acceptors (Lipinski definition) is 3. The third kappa shape index (κ3) is 1.83. The van der Waals surface area contributed by atoms with Crippen molar-refractivity contribution in [3.8, 4) is 10.6 Å². The highest BCUT2D eigenvalue weighted by Gasteiger charge is 2.14. The maximum Gasteiger partial charge on any atom is 0.134 e. The second-order valence-electron chi connectivity index (χ2n) is 3.84. The molecule has 5 heteroatoms. The summed E-state index contributed by atoms with van der Waals surface area (Å²) in [6.45, 7) is 0. The van der Waals surface area contributed by atoms with E-state index in [9.17, 15) is 4.39 Å². The van der Waals surface area contributed by atoms with Gasteiger partial charge in [-0.05, 0) is 30.3 Å². The number of aromatic nitrogens is 1. The Morgan fingerprint density at radius 2 is 2.06 bits per heavy atom. The molecule has 2 aromatic carbocycles. The summed E-state index contributed by atoms with van der Waals surface area (Å²) < 4.78 is 14.7. The molecule has 0 spiro atoms. The van der Waals surface area contributed by atoms with E-state index in [1.165, 1.54) is 17.4 Å². The van der Waals surface area contributed by atoms with Crippen LogP contribution < -0.4 is 5.73 Å². The van der Waals surface area contributed by atoms with Gasteiger partial charge >= 0.3 is 0 Å². The number of nitrogens with zero attached hydrogens (tertiary/aromatic N) is 1. The van der Waals surface area contributed by atoms with Crippen LogP contribution in [0.4, 0.5) is 10.1 Å². The molecular formula is C13H8ClFN2S. The minimum absolute atomic E-state index is 0.346. The van der Waals surface area contributed by atoms with Gasteiger partial charge in [0.2, 0.25) is 0 Å². The zero-order chi connectivity index (χ0) is 12.7. The van der Waals surface area contributed by atoms with Crippen LogP contribution in [0.25, 0.3) is 20.8 Å². The fourth-order valence-corrected chi connectivity index (χ4v) is 3.13. The number of halogens is 2. The zero-order valence-electron chi connectivity index (χ0n) is 9.15. The summed E-state index contributed by atoms with van der Waals surface area (Å²) in [4.78, 5) is 4.38. The second kappa shape index (κ2) is 4.23. The van der Waals surface area contributed by atoms with Gasteiger partial charge in [-0.2, -0.15) is 0 Å². The average Bonchev–Trinajstić information content (AvgIpc) is 2.71. The molecule has 2 nitrogen and oxygen atoms in total. The normalized spacial score (nSPS) is 11.0. The SMILES string of the molecule is Nc1ccc2nc(-c3c(F)cccc3Cl)sc2c1. The van der Waals surface area contributed by atoms with Gasteiger partial charge in [0.05, 0.1) is 20.8 Å². The minimum atomic E-state index is -0.366. The van der Waals surface area contributed by atoms with Gasteiger partial charge in [0, 0.05) is 5.69 Å². The third-order valence-corrected chi connectivity index (χ3v) is 3.94. The minimum Gasteiger partial charge on any atom is -0.399 e. The van der Waals surface area contributed by atoms with Crippen LogP contribution >= 0.6 is 22.9 Å². The molecule has 0 unspecified atom stereocenters. The van der Waals surface area contributed by atoms with Crippen molar-refractivity contribution in [3.63, 3.8) is 0 Å². The summed E-state index contributed by atoms with van der Waals surface area (Å²) in [5.41, 5.74) is 7.52. The molecule has 0 radical (unpaired) electrons. The van der Waals surface area contributed by atoms with E-state index in [0.29, 0.717) is 21.3 Å². The lowest BCUT2D eigenvalue weighted by atomic mass is 10.2. The molecule has 0 saturated heterocycles. The highest BCUT2D eigenvalue weighted by atomic mass is 35.5. The van der Waals surface area contributed by atoms with E-state index in [2.05, 4.69) is 4.98 Å². The molecule has 0 saturated carbocycles. The molecule has 0 bridgehead atoms. The predicted molar refractivity (Wildman–Crippen MR) is 74.4 cm³/mol. The lowest BCUT2D eigenvalue weighted by Gasteiger charge is -2.00. The number of hydrogen-bond donors (Lipinski definition) is 1. The Kier molecular flexibility index (Phi) is 2.69. The molecule has 18 heavy (non-hydrogen) atoms. The first-order valence-corrected chi connectivity index (χ1v) is 6.45. The molecule has 0 aliphatic rings. The molecule has 2 N–H and O–H groups in total. The van der Waals surface area contributed by atoms with Gasteiger partial charge in [-0.1, -0.05) is 17.7 Å². The standard InChI is InChI=1S/C13H8ClFN2S/c14-8-2-1-3-9(15)12(8)13-17-10-5-4-7(16)6-11(10)18-13/h1-6H,16H2. The summed E-state index contributed by atoms with van der Waals surface area (Å²) in [5.74, 6) is -0.366. The molecule has 1 aromatic heterocycles. The summed E-state index contributed by atoms with van der Waals surface area (Å²) in [5, 5.41) is 0.931. The molecule has 0 fully saturated rings. The first-order valence-electron chi connectivity index (χ1n) is 5.25. The fraction of sp³-hybridized carbons (Fsp3) is 0. The lowest BCUT2D eigenvalue weighted by molar-refractivity contribution is 0.631. The van der Waals surface area contributed by atoms with Gasteiger partial charge < -0.3 is 5.73 Å². The van der Waals surface area contributed by atoms with Gasteiger partial charge in [-0.25, -0.2) is 9.37 Å². The number of benzene rings is 2. The van der Waals surface area contributed by atoms with Crippen molar-refractivity contribution in [1.29, 1.82) is 0 Å². The molecule has 3 rings (SSSR count). The zero-order valence-corrected chi connectivity index (χ0v) is 10.7. The highest BCUT2D eigenvalue weighted by molar-refractivity contribution is 7.21. The summed E-state index contributed by atoms with van der Waals surface area (Å²) in [6, 6.07) is 10.0. The Labute approximate surface area is 112 Å². The molecule has 3 aromatic rings. The number of nitrogens with two attached hydrogens (primary N) is 1. The molecule has 0 aliphatic heterocycles. The first-order chi connectivity index (χ1) is 8.65. The van der Waals surface area contributed by atoms with Crippen LogP contribution in [-0.4, -0.2) is 4.98 Å². The summed E-state index contributed by atoms with van der Waals surface area (Å²) in [7, 11) is 0. The summed E-state index contributed by atoms with van der Waals surface area (Å²) >= 11 is 7.40. The Morgan fingerprint density at radius 3 is 2.83 bits per heavy atom. The van der Waals surface area contributed by atoms with E-state index < -0.39 is 0 Å². The molecular weight excluding hydrogens is 271 g/mol. The van der Waals surface area contributed by atoms with Crippen molar-refractivity contribution in [3.05, 3.63) is 47.2 Å². The monoisotopic (exact) mass is 278 g/mol. The Bertz CT molecular complexity index is 719. The molecule has 0 amide bonds. The van der Waals surface area contributed by atoms with Gasteiger partial charge in [-0.3, -0.25) is 0 Å². The van der Waals surface area contributed by atoms with Crippen molar-refractivity contribution < 1.29 is 4.39 Å². The largest absolute Gasteiger partial charge is 0.399 e. The van der Waals surface area contributed by atoms with Crippen molar-refractivity contribution in [2.45, 2.75) is 0 Å². The van der Waals surface area contributed by atoms with Crippen LogP contribution in [0.15, 0.2) is 36.4 Å². The Hall–Kier alpha value is -1.65. The van der Waals surface area contributed by atoms with Crippen LogP contribution in [0, 0.1) is 5.82 Å². The lowest BCUT2D eigenvalue weighted by Crippen LogP contribution is -1.84. The van der Waals surface area contributed by atoms with Crippen LogP contribution in [0.2, 0.25) is 5.02 Å². The maximum atomic E-state index is 13.8. The van der Waals surface area contributed by atoms with Crippen molar-refractivity contribution in [1.82, 2.24) is 4.98 Å². The summed E-state index contributed by atoms with van der Waals surface area (Å²) in [6.07, 6.45) is 0. The van der Waals surface area contributed by atoms with E-state index in [0.717, 1.165) is 10.2 Å².